The molecule has 1 heterocycles. The predicted octanol–water partition coefficient (Wildman–Crippen LogP) is 3.33. The van der Waals surface area contributed by atoms with Gasteiger partial charge >= 0.3 is 5.97 Å². The first kappa shape index (κ1) is 11.6. The van der Waals surface area contributed by atoms with Crippen molar-refractivity contribution in [1.82, 2.24) is 4.98 Å². The van der Waals surface area contributed by atoms with Crippen molar-refractivity contribution in [1.29, 1.82) is 0 Å². The molecule has 0 fully saturated rings. The van der Waals surface area contributed by atoms with E-state index in [1.807, 2.05) is 18.2 Å². The number of aromatic carboxylic acids is 1. The zero-order valence-electron chi connectivity index (χ0n) is 8.63. The predicted molar refractivity (Wildman–Crippen MR) is 65.4 cm³/mol. The summed E-state index contributed by atoms with van der Waals surface area (Å²) in [7, 11) is 0. The lowest BCUT2D eigenvalue weighted by molar-refractivity contribution is 0.0694. The quantitative estimate of drug-likeness (QED) is 0.882. The summed E-state index contributed by atoms with van der Waals surface area (Å²) >= 11 is 3.12. The monoisotopic (exact) mass is 293 g/mol. The van der Waals surface area contributed by atoms with Gasteiger partial charge in [-0.15, -0.1) is 0 Å². The first-order valence-electron chi connectivity index (χ1n) is 4.78. The normalized spacial score (nSPS) is 9.94. The lowest BCUT2D eigenvalue weighted by Gasteiger charge is -2.08. The fraction of sp³-hybridized carbons (Fsp3) is 0. The molecule has 4 nitrogen and oxygen atoms in total. The topological polar surface area (TPSA) is 59.4 Å². The molecule has 5 heteroatoms. The maximum Gasteiger partial charge on any atom is 0.339 e. The Bertz CT molecular complexity index is 543. The number of rotatable bonds is 3. The highest BCUT2D eigenvalue weighted by atomic mass is 79.9. The molecule has 2 rings (SSSR count). The third kappa shape index (κ3) is 2.82. The van der Waals surface area contributed by atoms with Crippen molar-refractivity contribution in [3.63, 3.8) is 0 Å². The van der Waals surface area contributed by atoms with Crippen molar-refractivity contribution in [2.45, 2.75) is 0 Å². The molecule has 0 aliphatic carbocycles. The molecule has 0 spiro atoms. The van der Waals surface area contributed by atoms with Crippen molar-refractivity contribution in [3.8, 4) is 11.5 Å². The van der Waals surface area contributed by atoms with Crippen LogP contribution in [0.2, 0.25) is 0 Å². The molecule has 0 bridgehead atoms. The van der Waals surface area contributed by atoms with Gasteiger partial charge < -0.3 is 9.84 Å². The smallest absolute Gasteiger partial charge is 0.339 e. The molecule has 0 saturated carbocycles. The lowest BCUT2D eigenvalue weighted by Crippen LogP contribution is -2.01. The largest absolute Gasteiger partial charge is 0.478 e. The second-order valence-corrected chi connectivity index (χ2v) is 4.04. The zero-order chi connectivity index (χ0) is 12.3. The third-order valence-electron chi connectivity index (χ3n) is 2.04. The molecule has 2 aromatic rings. The Morgan fingerprint density at radius 1 is 1.29 bits per heavy atom. The number of pyridine rings is 1. The second kappa shape index (κ2) is 4.97. The van der Waals surface area contributed by atoms with Crippen molar-refractivity contribution >= 4 is 21.9 Å². The highest BCUT2D eigenvalue weighted by Gasteiger charge is 2.13. The number of hydrogen-bond donors (Lipinski definition) is 1. The van der Waals surface area contributed by atoms with Crippen molar-refractivity contribution in [2.24, 2.45) is 0 Å². The van der Waals surface area contributed by atoms with E-state index in [0.717, 1.165) is 0 Å². The molecule has 1 aromatic carbocycles. The number of benzene rings is 1. The highest BCUT2D eigenvalue weighted by molar-refractivity contribution is 9.10. The summed E-state index contributed by atoms with van der Waals surface area (Å²) in [5, 5.41) is 9.04. The molecular formula is C12H8BrNO3. The van der Waals surface area contributed by atoms with Crippen LogP contribution in [0.15, 0.2) is 47.2 Å². The van der Waals surface area contributed by atoms with Gasteiger partial charge in [-0.2, -0.15) is 0 Å². The average Bonchev–Trinajstić information content (AvgIpc) is 2.32. The maximum atomic E-state index is 11.0. The summed E-state index contributed by atoms with van der Waals surface area (Å²) < 4.78 is 5.92. The zero-order valence-corrected chi connectivity index (χ0v) is 10.2. The first-order chi connectivity index (χ1) is 8.16. The molecule has 0 atom stereocenters. The van der Waals surface area contributed by atoms with Gasteiger partial charge in [0.25, 0.3) is 0 Å². The van der Waals surface area contributed by atoms with E-state index in [1.165, 1.54) is 12.3 Å². The van der Waals surface area contributed by atoms with Crippen LogP contribution in [0.5, 0.6) is 11.5 Å². The van der Waals surface area contributed by atoms with E-state index >= 15 is 0 Å². The van der Waals surface area contributed by atoms with E-state index in [9.17, 15) is 4.79 Å². The number of halogens is 1. The molecule has 1 aromatic heterocycles. The van der Waals surface area contributed by atoms with Gasteiger partial charge in [-0.1, -0.05) is 18.2 Å². The summed E-state index contributed by atoms with van der Waals surface area (Å²) in [6.45, 7) is 0. The number of para-hydroxylation sites is 1. The number of aromatic nitrogens is 1. The molecule has 0 radical (unpaired) electrons. The minimum absolute atomic E-state index is 0.0655. The molecule has 0 amide bonds. The fourth-order valence-electron chi connectivity index (χ4n) is 1.28. The summed E-state index contributed by atoms with van der Waals surface area (Å²) in [4.78, 5) is 15.0. The summed E-state index contributed by atoms with van der Waals surface area (Å²) in [6.07, 6.45) is 1.38. The van der Waals surface area contributed by atoms with E-state index in [1.54, 1.807) is 12.1 Å². The number of carboxylic acids is 1. The van der Waals surface area contributed by atoms with Crippen LogP contribution < -0.4 is 4.74 Å². The Morgan fingerprint density at radius 3 is 2.65 bits per heavy atom. The molecule has 0 aliphatic heterocycles. The molecule has 17 heavy (non-hydrogen) atoms. The molecule has 86 valence electrons. The van der Waals surface area contributed by atoms with Crippen molar-refractivity contribution in [3.05, 3.63) is 52.8 Å². The van der Waals surface area contributed by atoms with Gasteiger partial charge in [0.1, 0.15) is 15.9 Å². The lowest BCUT2D eigenvalue weighted by atomic mass is 10.2. The second-order valence-electron chi connectivity index (χ2n) is 3.22. The SMILES string of the molecule is O=C(O)c1cc(Br)ncc1Oc1ccccc1. The Labute approximate surface area is 106 Å². The van der Waals surface area contributed by atoms with Gasteiger partial charge in [0.05, 0.1) is 6.20 Å². The third-order valence-corrected chi connectivity index (χ3v) is 2.47. The molecule has 0 saturated heterocycles. The number of nitrogens with zero attached hydrogens (tertiary/aromatic N) is 1. The summed E-state index contributed by atoms with van der Waals surface area (Å²) in [6, 6.07) is 10.4. The minimum atomic E-state index is -1.06. The number of ether oxygens (including phenoxy) is 1. The first-order valence-corrected chi connectivity index (χ1v) is 5.58. The van der Waals surface area contributed by atoms with Crippen molar-refractivity contribution < 1.29 is 14.6 Å². The van der Waals surface area contributed by atoms with E-state index in [0.29, 0.717) is 10.4 Å². The van der Waals surface area contributed by atoms with E-state index in [4.69, 9.17) is 9.84 Å². The number of hydrogen-bond acceptors (Lipinski definition) is 3. The van der Waals surface area contributed by atoms with Crippen LogP contribution in [0.4, 0.5) is 0 Å². The van der Waals surface area contributed by atoms with Gasteiger partial charge in [-0.05, 0) is 34.1 Å². The summed E-state index contributed by atoms with van der Waals surface area (Å²) in [5.74, 6) is -0.273. The van der Waals surface area contributed by atoms with E-state index in [2.05, 4.69) is 20.9 Å². The van der Waals surface area contributed by atoms with Gasteiger partial charge in [0.15, 0.2) is 5.75 Å². The maximum absolute atomic E-state index is 11.0. The van der Waals surface area contributed by atoms with Crippen LogP contribution in [-0.2, 0) is 0 Å². The molecule has 0 aliphatic rings. The Hall–Kier alpha value is -1.88. The number of carboxylic acid groups (broad SMARTS) is 1. The van der Waals surface area contributed by atoms with E-state index in [-0.39, 0.29) is 11.3 Å². The van der Waals surface area contributed by atoms with Crippen LogP contribution in [0.25, 0.3) is 0 Å². The van der Waals surface area contributed by atoms with Gasteiger partial charge in [0, 0.05) is 0 Å². The van der Waals surface area contributed by atoms with Crippen LogP contribution in [0.1, 0.15) is 10.4 Å². The highest BCUT2D eigenvalue weighted by Crippen LogP contribution is 2.26. The fourth-order valence-corrected chi connectivity index (χ4v) is 1.61. The van der Waals surface area contributed by atoms with Gasteiger partial charge in [0.2, 0.25) is 0 Å². The van der Waals surface area contributed by atoms with Crippen LogP contribution in [0.3, 0.4) is 0 Å². The average molecular weight is 294 g/mol. The van der Waals surface area contributed by atoms with Gasteiger partial charge in [-0.25, -0.2) is 9.78 Å². The van der Waals surface area contributed by atoms with Crippen LogP contribution in [0, 0.1) is 0 Å². The van der Waals surface area contributed by atoms with E-state index < -0.39 is 5.97 Å². The van der Waals surface area contributed by atoms with Crippen molar-refractivity contribution in [2.75, 3.05) is 0 Å². The molecular weight excluding hydrogens is 286 g/mol. The van der Waals surface area contributed by atoms with Crippen LogP contribution >= 0.6 is 15.9 Å². The number of carbonyl (C=O) groups is 1. The van der Waals surface area contributed by atoms with Gasteiger partial charge in [-0.3, -0.25) is 0 Å². The minimum Gasteiger partial charge on any atom is -0.478 e. The standard InChI is InChI=1S/C12H8BrNO3/c13-11-6-9(12(15)16)10(7-14-11)17-8-4-2-1-3-5-8/h1-7H,(H,15,16). The molecule has 1 N–H and O–H groups in total. The molecule has 0 unspecified atom stereocenters. The van der Waals surface area contributed by atoms with Crippen LogP contribution in [-0.4, -0.2) is 16.1 Å². The Morgan fingerprint density at radius 2 is 2.00 bits per heavy atom. The Balaban J connectivity index is 2.36. The summed E-state index contributed by atoms with van der Waals surface area (Å²) in [5.41, 5.74) is 0.0655. The Kier molecular flexibility index (Phi) is 3.39.